The first-order chi connectivity index (χ1) is 12.5. The van der Waals surface area contributed by atoms with Gasteiger partial charge in [-0.1, -0.05) is 32.0 Å². The van der Waals surface area contributed by atoms with E-state index in [9.17, 15) is 4.79 Å². The summed E-state index contributed by atoms with van der Waals surface area (Å²) >= 11 is 1.88. The molecule has 1 saturated carbocycles. The lowest BCUT2D eigenvalue weighted by atomic mass is 9.95. The molecule has 1 aromatic carbocycles. The summed E-state index contributed by atoms with van der Waals surface area (Å²) in [6.45, 7) is 7.91. The third kappa shape index (κ3) is 3.45. The molecule has 0 bridgehead atoms. The first kappa shape index (κ1) is 17.7. The number of thiophene rings is 1. The fourth-order valence-corrected chi connectivity index (χ4v) is 5.16. The lowest BCUT2D eigenvalue weighted by Crippen LogP contribution is -2.41. The number of para-hydroxylation sites is 1. The Morgan fingerprint density at radius 3 is 2.85 bits per heavy atom. The Morgan fingerprint density at radius 1 is 1.31 bits per heavy atom. The standard InChI is InChI=1S/C22H28N2OS/c1-14(2)17-6-4-5-15(3)21(17)23-20(25)13-24-11-9-19-18(10-12-26-19)22(24)16-7-8-16/h4-6,10,12,14,16,22H,7-9,11,13H2,1-3H3,(H,23,25)/t22-/m0/s1. The molecular formula is C22H28N2OS. The van der Waals surface area contributed by atoms with Gasteiger partial charge in [0.1, 0.15) is 0 Å². The van der Waals surface area contributed by atoms with Gasteiger partial charge in [-0.05, 0) is 66.2 Å². The number of anilines is 1. The highest BCUT2D eigenvalue weighted by Crippen LogP contribution is 2.48. The van der Waals surface area contributed by atoms with E-state index < -0.39 is 0 Å². The van der Waals surface area contributed by atoms with Gasteiger partial charge in [-0.3, -0.25) is 9.69 Å². The Labute approximate surface area is 160 Å². The topological polar surface area (TPSA) is 32.3 Å². The van der Waals surface area contributed by atoms with Crippen molar-refractivity contribution < 1.29 is 4.79 Å². The van der Waals surface area contributed by atoms with Gasteiger partial charge in [-0.15, -0.1) is 11.3 Å². The van der Waals surface area contributed by atoms with Crippen LogP contribution in [-0.2, 0) is 11.2 Å². The summed E-state index contributed by atoms with van der Waals surface area (Å²) in [5.41, 5.74) is 4.84. The van der Waals surface area contributed by atoms with E-state index in [0.29, 0.717) is 18.5 Å². The minimum absolute atomic E-state index is 0.116. The molecular weight excluding hydrogens is 340 g/mol. The number of aryl methyl sites for hydroxylation is 1. The first-order valence-corrected chi connectivity index (χ1v) is 10.6. The van der Waals surface area contributed by atoms with E-state index in [1.165, 1.54) is 28.8 Å². The number of amides is 1. The normalized spacial score (nSPS) is 20.2. The minimum atomic E-state index is 0.116. The highest BCUT2D eigenvalue weighted by Gasteiger charge is 2.40. The second-order valence-electron chi connectivity index (χ2n) is 8.04. The molecule has 26 heavy (non-hydrogen) atoms. The number of carbonyl (C=O) groups is 1. The Morgan fingerprint density at radius 2 is 2.12 bits per heavy atom. The summed E-state index contributed by atoms with van der Waals surface area (Å²) < 4.78 is 0. The van der Waals surface area contributed by atoms with Gasteiger partial charge in [0.25, 0.3) is 0 Å². The van der Waals surface area contributed by atoms with Gasteiger partial charge in [-0.2, -0.15) is 0 Å². The van der Waals surface area contributed by atoms with Gasteiger partial charge in [-0.25, -0.2) is 0 Å². The van der Waals surface area contributed by atoms with E-state index in [2.05, 4.69) is 60.6 Å². The van der Waals surface area contributed by atoms with Gasteiger partial charge in [0, 0.05) is 23.2 Å². The van der Waals surface area contributed by atoms with Crippen LogP contribution in [0.4, 0.5) is 5.69 Å². The van der Waals surface area contributed by atoms with Crippen LogP contribution in [0.5, 0.6) is 0 Å². The van der Waals surface area contributed by atoms with E-state index in [0.717, 1.165) is 30.1 Å². The predicted molar refractivity (Wildman–Crippen MR) is 109 cm³/mol. The van der Waals surface area contributed by atoms with E-state index in [1.807, 2.05) is 11.3 Å². The molecule has 1 amide bonds. The fourth-order valence-electron chi connectivity index (χ4n) is 4.25. The monoisotopic (exact) mass is 368 g/mol. The van der Waals surface area contributed by atoms with Gasteiger partial charge in [0.05, 0.1) is 6.54 Å². The molecule has 0 spiro atoms. The Hall–Kier alpha value is -1.65. The Balaban J connectivity index is 1.51. The zero-order valence-corrected chi connectivity index (χ0v) is 16.7. The third-order valence-electron chi connectivity index (χ3n) is 5.72. The SMILES string of the molecule is Cc1cccc(C(C)C)c1NC(=O)CN1CCc2sccc2[C@@H]1C1CC1. The molecule has 3 nitrogen and oxygen atoms in total. The molecule has 0 unspecified atom stereocenters. The first-order valence-electron chi connectivity index (χ1n) is 9.74. The number of nitrogens with zero attached hydrogens (tertiary/aromatic N) is 1. The van der Waals surface area contributed by atoms with E-state index in [1.54, 1.807) is 0 Å². The van der Waals surface area contributed by atoms with Crippen LogP contribution in [0.15, 0.2) is 29.6 Å². The third-order valence-corrected chi connectivity index (χ3v) is 6.72. The van der Waals surface area contributed by atoms with Crippen LogP contribution in [0.2, 0.25) is 0 Å². The van der Waals surface area contributed by atoms with E-state index in [-0.39, 0.29) is 5.91 Å². The molecule has 1 aromatic heterocycles. The van der Waals surface area contributed by atoms with Crippen LogP contribution in [0.25, 0.3) is 0 Å². The molecule has 0 radical (unpaired) electrons. The zero-order valence-electron chi connectivity index (χ0n) is 15.9. The maximum Gasteiger partial charge on any atom is 0.238 e. The lowest BCUT2D eigenvalue weighted by molar-refractivity contribution is -0.118. The van der Waals surface area contributed by atoms with Crippen molar-refractivity contribution >= 4 is 22.9 Å². The van der Waals surface area contributed by atoms with Crippen molar-refractivity contribution in [2.75, 3.05) is 18.4 Å². The van der Waals surface area contributed by atoms with Gasteiger partial charge >= 0.3 is 0 Å². The van der Waals surface area contributed by atoms with Crippen molar-refractivity contribution in [3.8, 4) is 0 Å². The molecule has 1 atom stereocenters. The van der Waals surface area contributed by atoms with Crippen LogP contribution in [0.3, 0.4) is 0 Å². The smallest absolute Gasteiger partial charge is 0.238 e. The van der Waals surface area contributed by atoms with Crippen LogP contribution in [0.1, 0.15) is 60.2 Å². The van der Waals surface area contributed by atoms with E-state index >= 15 is 0 Å². The fraction of sp³-hybridized carbons (Fsp3) is 0.500. The number of hydrogen-bond acceptors (Lipinski definition) is 3. The summed E-state index contributed by atoms with van der Waals surface area (Å²) in [6.07, 6.45) is 3.67. The number of benzene rings is 1. The number of carbonyl (C=O) groups excluding carboxylic acids is 1. The molecule has 4 rings (SSSR count). The second-order valence-corrected chi connectivity index (χ2v) is 9.04. The van der Waals surface area contributed by atoms with Crippen LogP contribution in [-0.4, -0.2) is 23.9 Å². The molecule has 2 aliphatic rings. The molecule has 2 heterocycles. The maximum absolute atomic E-state index is 12.9. The van der Waals surface area contributed by atoms with Crippen molar-refractivity contribution in [2.45, 2.75) is 52.0 Å². The largest absolute Gasteiger partial charge is 0.324 e. The maximum atomic E-state index is 12.9. The molecule has 1 aliphatic heterocycles. The van der Waals surface area contributed by atoms with Crippen molar-refractivity contribution in [1.82, 2.24) is 4.90 Å². The van der Waals surface area contributed by atoms with Crippen molar-refractivity contribution in [3.05, 3.63) is 51.2 Å². The van der Waals surface area contributed by atoms with Gasteiger partial charge in [0.2, 0.25) is 5.91 Å². The Bertz CT molecular complexity index is 806. The van der Waals surface area contributed by atoms with Crippen LogP contribution in [0, 0.1) is 12.8 Å². The summed E-state index contributed by atoms with van der Waals surface area (Å²) in [7, 11) is 0. The van der Waals surface area contributed by atoms with E-state index in [4.69, 9.17) is 0 Å². The van der Waals surface area contributed by atoms with Crippen molar-refractivity contribution in [2.24, 2.45) is 5.92 Å². The zero-order chi connectivity index (χ0) is 18.3. The average molecular weight is 369 g/mol. The number of nitrogens with one attached hydrogen (secondary N) is 1. The number of rotatable bonds is 5. The molecule has 1 N–H and O–H groups in total. The average Bonchev–Trinajstić information content (AvgIpc) is 3.32. The minimum Gasteiger partial charge on any atom is -0.324 e. The number of hydrogen-bond donors (Lipinski definition) is 1. The van der Waals surface area contributed by atoms with Crippen LogP contribution < -0.4 is 5.32 Å². The molecule has 138 valence electrons. The van der Waals surface area contributed by atoms with Crippen molar-refractivity contribution in [3.63, 3.8) is 0 Å². The lowest BCUT2D eigenvalue weighted by Gasteiger charge is -2.35. The highest BCUT2D eigenvalue weighted by molar-refractivity contribution is 7.10. The Kier molecular flexibility index (Phi) is 4.89. The predicted octanol–water partition coefficient (Wildman–Crippen LogP) is 5.13. The molecule has 1 aliphatic carbocycles. The quantitative estimate of drug-likeness (QED) is 0.794. The molecule has 1 fully saturated rings. The second kappa shape index (κ2) is 7.16. The summed E-state index contributed by atoms with van der Waals surface area (Å²) in [6, 6.07) is 9.00. The van der Waals surface area contributed by atoms with Crippen molar-refractivity contribution in [1.29, 1.82) is 0 Å². The summed E-state index contributed by atoms with van der Waals surface area (Å²) in [4.78, 5) is 16.8. The molecule has 0 saturated heterocycles. The highest BCUT2D eigenvalue weighted by atomic mass is 32.1. The van der Waals surface area contributed by atoms with Crippen LogP contribution >= 0.6 is 11.3 Å². The van der Waals surface area contributed by atoms with Gasteiger partial charge in [0.15, 0.2) is 0 Å². The molecule has 2 aromatic rings. The van der Waals surface area contributed by atoms with Gasteiger partial charge < -0.3 is 5.32 Å². The molecule has 4 heteroatoms. The summed E-state index contributed by atoms with van der Waals surface area (Å²) in [5.74, 6) is 1.25. The summed E-state index contributed by atoms with van der Waals surface area (Å²) in [5, 5.41) is 5.44. The number of fused-ring (bicyclic) bond motifs is 1.